The summed E-state index contributed by atoms with van der Waals surface area (Å²) in [5.74, 6) is 4.04. The van der Waals surface area contributed by atoms with E-state index in [4.69, 9.17) is 40.0 Å². The van der Waals surface area contributed by atoms with E-state index in [2.05, 4.69) is 62.5 Å². The first-order chi connectivity index (χ1) is 36.2. The van der Waals surface area contributed by atoms with Gasteiger partial charge >= 0.3 is 36.6 Å². The second kappa shape index (κ2) is 30.0. The number of azide groups is 1. The maximum atomic E-state index is 13.5. The number of carbonyl (C=O) groups is 3. The molecule has 1 saturated heterocycles. The second-order valence-corrected chi connectivity index (χ2v) is 20.8. The van der Waals surface area contributed by atoms with Crippen LogP contribution in [0.1, 0.15) is 71.7 Å². The number of rotatable bonds is 30. The van der Waals surface area contributed by atoms with Crippen molar-refractivity contribution in [3.05, 3.63) is 115 Å². The first-order valence-electron chi connectivity index (χ1n) is 22.8. The molecule has 5 atom stereocenters. The molecule has 0 spiro atoms. The quantitative estimate of drug-likeness (QED) is 0.00681. The number of anilines is 1. The summed E-state index contributed by atoms with van der Waals surface area (Å²) in [6, 6.07) is 7.84. The molecule has 1 aromatic carbocycles. The van der Waals surface area contributed by atoms with Gasteiger partial charge in [0, 0.05) is 47.6 Å². The molecule has 1 fully saturated rings. The van der Waals surface area contributed by atoms with Crippen LogP contribution in [0, 0.1) is 25.7 Å². The molecular weight excluding hydrogens is 1090 g/mol. The molecule has 1 aliphatic rings. The van der Waals surface area contributed by atoms with Crippen LogP contribution in [-0.4, -0.2) is 124 Å². The van der Waals surface area contributed by atoms with Crippen molar-refractivity contribution in [3.8, 4) is 17.6 Å². The monoisotopic (exact) mass is 1140 g/mol. The minimum Gasteiger partial charge on any atom is -0.491 e. The normalized spacial score (nSPS) is 16.5. The molecular formula is C43H56BF2N10O18P3. The van der Waals surface area contributed by atoms with Crippen molar-refractivity contribution >= 4 is 60.5 Å². The summed E-state index contributed by atoms with van der Waals surface area (Å²) in [5, 5.41) is 11.5. The van der Waals surface area contributed by atoms with Gasteiger partial charge in [-0.1, -0.05) is 47.3 Å². The van der Waals surface area contributed by atoms with Gasteiger partial charge in [-0.3, -0.25) is 32.1 Å². The SMILES string of the molecule is C=C(/C=C\C(C)=C\c1c(C)cc(C)n1B(F)F)CCC(=O)NCCNC(=O)c1cccc(OCC(N=[N+]=[N-])OCCOCC(=O)NCC#Cc2cn([C@H]3CC[C@@H](COP(=O)(O)OP(=O)(O)OP(=O)(O)O)O3)c(=O)nc2N)c1. The number of nitrogen functional groups attached to an aromatic ring is 1. The summed E-state index contributed by atoms with van der Waals surface area (Å²) in [7, 11) is -19.4. The van der Waals surface area contributed by atoms with Gasteiger partial charge in [0.1, 0.15) is 31.0 Å². The first-order valence-corrected chi connectivity index (χ1v) is 27.4. The van der Waals surface area contributed by atoms with Crippen LogP contribution >= 0.6 is 23.5 Å². The largest absolute Gasteiger partial charge is 0.677 e. The average Bonchev–Trinajstić information content (AvgIpc) is 3.93. The lowest BCUT2D eigenvalue weighted by Gasteiger charge is -2.19. The van der Waals surface area contributed by atoms with Crippen molar-refractivity contribution < 1.29 is 88.4 Å². The van der Waals surface area contributed by atoms with Crippen LogP contribution in [0.25, 0.3) is 16.5 Å². The van der Waals surface area contributed by atoms with Gasteiger partial charge in [0.25, 0.3) is 5.91 Å². The highest BCUT2D eigenvalue weighted by atomic mass is 31.3. The molecule has 9 N–H and O–H groups in total. The lowest BCUT2D eigenvalue weighted by molar-refractivity contribution is -0.126. The van der Waals surface area contributed by atoms with E-state index in [-0.39, 0.29) is 87.3 Å². The molecule has 1 aliphatic heterocycles. The van der Waals surface area contributed by atoms with Crippen LogP contribution < -0.4 is 32.1 Å². The number of ether oxygens (including phenoxy) is 4. The number of nitrogens with one attached hydrogen (secondary N) is 3. The number of phosphoric ester groups is 1. The number of halogens is 2. The van der Waals surface area contributed by atoms with Gasteiger partial charge in [0.15, 0.2) is 6.23 Å². The number of nitrogens with zero attached hydrogens (tertiary/aromatic N) is 6. The summed E-state index contributed by atoms with van der Waals surface area (Å²) in [5.41, 5.74) is 17.4. The zero-order valence-corrected chi connectivity index (χ0v) is 44.2. The summed E-state index contributed by atoms with van der Waals surface area (Å²) < 4.78 is 97.5. The van der Waals surface area contributed by atoms with E-state index >= 15 is 0 Å². The molecule has 0 bridgehead atoms. The maximum Gasteiger partial charge on any atom is 0.677 e. The molecule has 3 aromatic rings. The van der Waals surface area contributed by atoms with Crippen LogP contribution in [0.2, 0.25) is 0 Å². The minimum absolute atomic E-state index is 0.0687. The van der Waals surface area contributed by atoms with Crippen molar-refractivity contribution in [1.82, 2.24) is 30.0 Å². The van der Waals surface area contributed by atoms with Crippen LogP contribution in [-0.2, 0) is 50.6 Å². The standard InChI is InChI=1S/C43H56BF2N10O18P3/c1-28(10-11-29(2)21-36-30(3)22-31(4)56(36)44(45)46)12-14-37(57)50-17-18-51-42(59)32-7-5-9-34(23-32)70-27-39(53-54-48)69-20-19-68-26-38(58)49-16-6-8-33-24-55(43(60)52-41(33)47)40-15-13-35(72-40)25-71-76(64,65)74-77(66,67)73-75(61,62)63/h5,7,9-11,21-24,35,39-40H,1,12-20,25-27H2,2-4H3,(H,49,58)(H,50,57)(H,51,59)(H,64,65)(H,66,67)(H2,47,52,60)(H2,61,62,63)/b11-10-,29-21+/t35-,39?,40+/m0/s1. The van der Waals surface area contributed by atoms with Crippen LogP contribution in [0.15, 0.2) is 76.3 Å². The molecule has 418 valence electrons. The molecule has 0 saturated carbocycles. The molecule has 3 amide bonds. The Morgan fingerprint density at radius 3 is 2.51 bits per heavy atom. The van der Waals surface area contributed by atoms with E-state index in [1.54, 1.807) is 63.3 Å². The Bertz CT molecular complexity index is 2990. The fraction of sp³-hybridized carbons (Fsp3) is 0.419. The lowest BCUT2D eigenvalue weighted by atomic mass is 10.1. The van der Waals surface area contributed by atoms with Gasteiger partial charge in [0.05, 0.1) is 38.0 Å². The Morgan fingerprint density at radius 2 is 1.79 bits per heavy atom. The predicted molar refractivity (Wildman–Crippen MR) is 271 cm³/mol. The predicted octanol–water partition coefficient (Wildman–Crippen LogP) is 4.10. The molecule has 28 nitrogen and oxygen atoms in total. The molecule has 0 radical (unpaired) electrons. The highest BCUT2D eigenvalue weighted by Gasteiger charge is 2.41. The molecule has 4 rings (SSSR count). The number of allylic oxidation sites excluding steroid dienone is 4. The van der Waals surface area contributed by atoms with E-state index in [9.17, 15) is 51.3 Å². The van der Waals surface area contributed by atoms with Gasteiger partial charge in [-0.05, 0) is 87.0 Å². The zero-order valence-electron chi connectivity index (χ0n) is 41.6. The number of carbonyl (C=O) groups excluding carboxylic acids is 3. The Labute approximate surface area is 439 Å². The Morgan fingerprint density at radius 1 is 1.05 bits per heavy atom. The van der Waals surface area contributed by atoms with Crippen LogP contribution in [0.5, 0.6) is 5.75 Å². The third-order valence-corrected chi connectivity index (χ3v) is 14.1. The molecule has 2 aromatic heterocycles. The number of hydrogen-bond donors (Lipinski definition) is 8. The molecule has 34 heteroatoms. The van der Waals surface area contributed by atoms with Gasteiger partial charge < -0.3 is 64.7 Å². The summed E-state index contributed by atoms with van der Waals surface area (Å²) >= 11 is 0. The van der Waals surface area contributed by atoms with Gasteiger partial charge in [0.2, 0.25) is 11.8 Å². The highest BCUT2D eigenvalue weighted by Crippen LogP contribution is 2.66. The zero-order chi connectivity index (χ0) is 56.9. The number of phosphoric acid groups is 3. The van der Waals surface area contributed by atoms with Crippen molar-refractivity contribution in [3.63, 3.8) is 0 Å². The molecule has 77 heavy (non-hydrogen) atoms. The second-order valence-electron chi connectivity index (χ2n) is 16.4. The molecule has 3 unspecified atom stereocenters. The maximum absolute atomic E-state index is 13.5. The first kappa shape index (κ1) is 63.2. The number of aryl methyl sites for hydroxylation is 2. The van der Waals surface area contributed by atoms with Crippen LogP contribution in [0.4, 0.5) is 14.4 Å². The fourth-order valence-corrected chi connectivity index (χ4v) is 9.85. The summed E-state index contributed by atoms with van der Waals surface area (Å²) in [6.07, 6.45) is 4.04. The molecule has 3 heterocycles. The highest BCUT2D eigenvalue weighted by molar-refractivity contribution is 7.66. The van der Waals surface area contributed by atoms with E-state index < -0.39 is 80.1 Å². The van der Waals surface area contributed by atoms with E-state index in [0.717, 1.165) is 20.2 Å². The Balaban J connectivity index is 1.11. The van der Waals surface area contributed by atoms with Crippen molar-refractivity contribution in [2.75, 3.05) is 58.4 Å². The number of amides is 3. The lowest BCUT2D eigenvalue weighted by Crippen LogP contribution is -2.34. The average molecular weight is 1140 g/mol. The Kier molecular flexibility index (Phi) is 24.6. The van der Waals surface area contributed by atoms with E-state index in [1.807, 2.05) is 0 Å². The number of benzene rings is 1. The Hall–Kier alpha value is -6.31. The van der Waals surface area contributed by atoms with Gasteiger partial charge in [-0.15, -0.1) is 0 Å². The summed E-state index contributed by atoms with van der Waals surface area (Å²) in [4.78, 5) is 92.9. The van der Waals surface area contributed by atoms with E-state index in [0.29, 0.717) is 23.4 Å². The third-order valence-electron chi connectivity index (χ3n) is 10.3. The molecule has 0 aliphatic carbocycles. The van der Waals surface area contributed by atoms with Crippen molar-refractivity contribution in [2.45, 2.75) is 65.0 Å². The van der Waals surface area contributed by atoms with Gasteiger partial charge in [-0.25, -0.2) is 18.5 Å². The van der Waals surface area contributed by atoms with Gasteiger partial charge in [-0.2, -0.15) is 13.6 Å². The fourth-order valence-electron chi connectivity index (χ4n) is 6.80. The third kappa shape index (κ3) is 22.7. The topological polar surface area (TPSA) is 399 Å². The van der Waals surface area contributed by atoms with E-state index in [1.165, 1.54) is 12.3 Å². The number of aromatic nitrogens is 3. The van der Waals surface area contributed by atoms with Crippen molar-refractivity contribution in [2.24, 2.45) is 5.11 Å². The van der Waals surface area contributed by atoms with Crippen molar-refractivity contribution in [1.29, 1.82) is 0 Å². The van der Waals surface area contributed by atoms with Crippen LogP contribution in [0.3, 0.4) is 0 Å². The smallest absolute Gasteiger partial charge is 0.491 e. The number of hydrogen-bond acceptors (Lipinski definition) is 17. The minimum atomic E-state index is -5.72. The summed E-state index contributed by atoms with van der Waals surface area (Å²) in [6.45, 7) is 7.60. The number of nitrogens with two attached hydrogens (primary N) is 1.